The fourth-order valence-electron chi connectivity index (χ4n) is 0.929. The third-order valence-electron chi connectivity index (χ3n) is 1.46. The molecule has 1 aromatic carbocycles. The molecule has 0 spiro atoms. The molecular formula is C9H8BrFO2. The summed E-state index contributed by atoms with van der Waals surface area (Å²) in [6.45, 7) is -0.0319. The second-order valence-electron chi connectivity index (χ2n) is 2.51. The second kappa shape index (κ2) is 4.48. The summed E-state index contributed by atoms with van der Waals surface area (Å²) >= 11 is 3.10. The van der Waals surface area contributed by atoms with Crippen LogP contribution in [-0.2, 0) is 4.74 Å². The summed E-state index contributed by atoms with van der Waals surface area (Å²) in [5.41, 5.74) is 0.314. The molecule has 0 aromatic heterocycles. The molecule has 70 valence electrons. The van der Waals surface area contributed by atoms with Crippen LogP contribution in [0.5, 0.6) is 0 Å². The first kappa shape index (κ1) is 10.3. The van der Waals surface area contributed by atoms with Crippen LogP contribution in [0.15, 0.2) is 22.7 Å². The van der Waals surface area contributed by atoms with Gasteiger partial charge in [-0.25, -0.2) is 4.39 Å². The Morgan fingerprint density at radius 2 is 2.23 bits per heavy atom. The summed E-state index contributed by atoms with van der Waals surface area (Å²) in [5.74, 6) is -0.670. The van der Waals surface area contributed by atoms with Crippen molar-refractivity contribution in [3.63, 3.8) is 0 Å². The Hall–Kier alpha value is -0.740. The molecule has 0 aliphatic heterocycles. The summed E-state index contributed by atoms with van der Waals surface area (Å²) < 4.78 is 18.0. The molecule has 2 nitrogen and oxygen atoms in total. The smallest absolute Gasteiger partial charge is 0.188 e. The van der Waals surface area contributed by atoms with Crippen molar-refractivity contribution in [3.05, 3.63) is 34.1 Å². The van der Waals surface area contributed by atoms with Gasteiger partial charge in [-0.05, 0) is 18.2 Å². The van der Waals surface area contributed by atoms with Gasteiger partial charge in [-0.3, -0.25) is 4.79 Å². The molecule has 1 rings (SSSR count). The van der Waals surface area contributed by atoms with E-state index in [1.807, 2.05) is 0 Å². The molecule has 0 heterocycles. The maximum absolute atomic E-state index is 12.8. The van der Waals surface area contributed by atoms with E-state index in [2.05, 4.69) is 20.7 Å². The second-order valence-corrected chi connectivity index (χ2v) is 3.43. The molecule has 0 aliphatic carbocycles. The normalized spacial score (nSPS) is 10.1. The van der Waals surface area contributed by atoms with Crippen molar-refractivity contribution < 1.29 is 13.9 Å². The SMILES string of the molecule is COCC(=O)c1cc(F)cc(Br)c1. The third kappa shape index (κ3) is 2.90. The number of ether oxygens (including phenoxy) is 1. The zero-order valence-electron chi connectivity index (χ0n) is 7.01. The minimum atomic E-state index is -0.436. The molecule has 0 saturated heterocycles. The first-order valence-corrected chi connectivity index (χ1v) is 4.41. The van der Waals surface area contributed by atoms with Crippen molar-refractivity contribution in [1.82, 2.24) is 0 Å². The zero-order chi connectivity index (χ0) is 9.84. The fourth-order valence-corrected chi connectivity index (χ4v) is 1.39. The molecule has 0 atom stereocenters. The van der Waals surface area contributed by atoms with Crippen LogP contribution in [0.3, 0.4) is 0 Å². The lowest BCUT2D eigenvalue weighted by molar-refractivity contribution is 0.0847. The van der Waals surface area contributed by atoms with Gasteiger partial charge in [-0.15, -0.1) is 0 Å². The standard InChI is InChI=1S/C9H8BrFO2/c1-13-5-9(12)6-2-7(10)4-8(11)3-6/h2-4H,5H2,1H3. The quantitative estimate of drug-likeness (QED) is 0.766. The molecule has 4 heteroatoms. The van der Waals surface area contributed by atoms with Crippen molar-refractivity contribution in [2.24, 2.45) is 0 Å². The molecule has 0 saturated carbocycles. The molecular weight excluding hydrogens is 239 g/mol. The number of rotatable bonds is 3. The maximum Gasteiger partial charge on any atom is 0.188 e. The van der Waals surface area contributed by atoms with Crippen LogP contribution in [0.2, 0.25) is 0 Å². The Morgan fingerprint density at radius 1 is 1.54 bits per heavy atom. The Bertz CT molecular complexity index is 305. The van der Waals surface area contributed by atoms with Crippen molar-refractivity contribution in [1.29, 1.82) is 0 Å². The topological polar surface area (TPSA) is 26.3 Å². The molecule has 0 N–H and O–H groups in total. The van der Waals surface area contributed by atoms with Gasteiger partial charge in [0.05, 0.1) is 0 Å². The van der Waals surface area contributed by atoms with E-state index in [0.717, 1.165) is 0 Å². The largest absolute Gasteiger partial charge is 0.377 e. The number of carbonyl (C=O) groups excluding carboxylic acids is 1. The number of halogens is 2. The van der Waals surface area contributed by atoms with E-state index in [1.165, 1.54) is 19.2 Å². The number of hydrogen-bond acceptors (Lipinski definition) is 2. The predicted octanol–water partition coefficient (Wildman–Crippen LogP) is 2.42. The van der Waals surface area contributed by atoms with Gasteiger partial charge >= 0.3 is 0 Å². The van der Waals surface area contributed by atoms with Crippen LogP contribution in [0.25, 0.3) is 0 Å². The van der Waals surface area contributed by atoms with Gasteiger partial charge < -0.3 is 4.74 Å². The Balaban J connectivity index is 2.94. The fraction of sp³-hybridized carbons (Fsp3) is 0.222. The summed E-state index contributed by atoms with van der Waals surface area (Å²) in [4.78, 5) is 11.2. The van der Waals surface area contributed by atoms with E-state index in [1.54, 1.807) is 6.07 Å². The lowest BCUT2D eigenvalue weighted by Crippen LogP contribution is -2.07. The van der Waals surface area contributed by atoms with E-state index in [-0.39, 0.29) is 12.4 Å². The molecule has 0 aliphatic rings. The highest BCUT2D eigenvalue weighted by atomic mass is 79.9. The number of Topliss-reactive ketones (excluding diaryl/α,β-unsaturated/α-hetero) is 1. The van der Waals surface area contributed by atoms with Crippen molar-refractivity contribution in [2.45, 2.75) is 0 Å². The van der Waals surface area contributed by atoms with Crippen LogP contribution in [0.4, 0.5) is 4.39 Å². The van der Waals surface area contributed by atoms with Gasteiger partial charge in [0.25, 0.3) is 0 Å². The number of carbonyl (C=O) groups is 1. The molecule has 0 amide bonds. The van der Waals surface area contributed by atoms with Crippen molar-refractivity contribution in [3.8, 4) is 0 Å². The van der Waals surface area contributed by atoms with Crippen molar-refractivity contribution in [2.75, 3.05) is 13.7 Å². The van der Waals surface area contributed by atoms with E-state index in [0.29, 0.717) is 10.0 Å². The molecule has 13 heavy (non-hydrogen) atoms. The monoisotopic (exact) mass is 246 g/mol. The van der Waals surface area contributed by atoms with E-state index in [9.17, 15) is 9.18 Å². The van der Waals surface area contributed by atoms with Crippen LogP contribution in [-0.4, -0.2) is 19.5 Å². The summed E-state index contributed by atoms with van der Waals surface area (Å²) in [6.07, 6.45) is 0. The summed E-state index contributed by atoms with van der Waals surface area (Å²) in [7, 11) is 1.42. The van der Waals surface area contributed by atoms with Crippen LogP contribution in [0, 0.1) is 5.82 Å². The van der Waals surface area contributed by atoms with Crippen molar-refractivity contribution >= 4 is 21.7 Å². The van der Waals surface area contributed by atoms with Gasteiger partial charge in [-0.2, -0.15) is 0 Å². The minimum absolute atomic E-state index is 0.0319. The Kier molecular flexibility index (Phi) is 3.57. The molecule has 1 aromatic rings. The van der Waals surface area contributed by atoms with E-state index < -0.39 is 5.82 Å². The Morgan fingerprint density at radius 3 is 2.77 bits per heavy atom. The lowest BCUT2D eigenvalue weighted by Gasteiger charge is -2.00. The van der Waals surface area contributed by atoms with E-state index >= 15 is 0 Å². The average Bonchev–Trinajstić information content (AvgIpc) is 2.03. The van der Waals surface area contributed by atoms with Gasteiger partial charge in [0, 0.05) is 17.1 Å². The number of ketones is 1. The lowest BCUT2D eigenvalue weighted by atomic mass is 10.1. The highest BCUT2D eigenvalue weighted by molar-refractivity contribution is 9.10. The van der Waals surface area contributed by atoms with Gasteiger partial charge in [0.1, 0.15) is 12.4 Å². The van der Waals surface area contributed by atoms with E-state index in [4.69, 9.17) is 0 Å². The summed E-state index contributed by atoms with van der Waals surface area (Å²) in [6, 6.07) is 4.04. The van der Waals surface area contributed by atoms with Crippen LogP contribution in [0.1, 0.15) is 10.4 Å². The first-order valence-electron chi connectivity index (χ1n) is 3.61. The van der Waals surface area contributed by atoms with Gasteiger partial charge in [0.2, 0.25) is 0 Å². The van der Waals surface area contributed by atoms with Crippen LogP contribution < -0.4 is 0 Å². The van der Waals surface area contributed by atoms with Gasteiger partial charge in [0.15, 0.2) is 5.78 Å². The molecule has 0 radical (unpaired) electrons. The predicted molar refractivity (Wildman–Crippen MR) is 50.3 cm³/mol. The molecule has 0 fully saturated rings. The van der Waals surface area contributed by atoms with Gasteiger partial charge in [-0.1, -0.05) is 15.9 Å². The minimum Gasteiger partial charge on any atom is -0.377 e. The van der Waals surface area contributed by atoms with Crippen LogP contribution >= 0.6 is 15.9 Å². The highest BCUT2D eigenvalue weighted by Crippen LogP contribution is 2.15. The number of methoxy groups -OCH3 is 1. The molecule has 0 unspecified atom stereocenters. The third-order valence-corrected chi connectivity index (χ3v) is 1.92. The number of benzene rings is 1. The maximum atomic E-state index is 12.8. The molecule has 0 bridgehead atoms. The first-order chi connectivity index (χ1) is 6.13. The highest BCUT2D eigenvalue weighted by Gasteiger charge is 2.07. The summed E-state index contributed by atoms with van der Waals surface area (Å²) in [5, 5.41) is 0. The average molecular weight is 247 g/mol. The Labute approximate surface area is 83.8 Å². The number of hydrogen-bond donors (Lipinski definition) is 0. The zero-order valence-corrected chi connectivity index (χ0v) is 8.60.